The van der Waals surface area contributed by atoms with Crippen LogP contribution in [0.1, 0.15) is 17.3 Å². The Labute approximate surface area is 93.3 Å². The molecule has 1 aromatic carbocycles. The van der Waals surface area contributed by atoms with Crippen molar-refractivity contribution in [1.29, 1.82) is 0 Å². The molecule has 0 saturated heterocycles. The number of aromatic carboxylic acids is 1. The summed E-state index contributed by atoms with van der Waals surface area (Å²) >= 11 is 0. The standard InChI is InChI=1S/C13H11NO2/c1-2-3-8-14-9-7-10-5-4-6-11(12(10)14)13(15)16/h4-7,9H,8H2,1H3,(H,15,16). The van der Waals surface area contributed by atoms with Gasteiger partial charge in [0.15, 0.2) is 0 Å². The molecule has 80 valence electrons. The number of para-hydroxylation sites is 1. The van der Waals surface area contributed by atoms with Crippen molar-refractivity contribution in [3.05, 3.63) is 36.0 Å². The topological polar surface area (TPSA) is 42.2 Å². The number of nitrogens with zero attached hydrogens (tertiary/aromatic N) is 1. The van der Waals surface area contributed by atoms with Gasteiger partial charge in [0.1, 0.15) is 0 Å². The second kappa shape index (κ2) is 4.11. The molecule has 2 rings (SSSR count). The largest absolute Gasteiger partial charge is 0.478 e. The SMILES string of the molecule is CC#CCn1ccc2cccc(C(=O)O)c21. The number of hydrogen-bond donors (Lipinski definition) is 1. The van der Waals surface area contributed by atoms with Crippen LogP contribution in [-0.4, -0.2) is 15.6 Å². The number of rotatable bonds is 2. The smallest absolute Gasteiger partial charge is 0.337 e. The highest BCUT2D eigenvalue weighted by atomic mass is 16.4. The first-order valence-corrected chi connectivity index (χ1v) is 4.95. The molecule has 0 aliphatic rings. The van der Waals surface area contributed by atoms with E-state index in [0.717, 1.165) is 10.9 Å². The zero-order valence-corrected chi connectivity index (χ0v) is 8.90. The molecular formula is C13H11NO2. The summed E-state index contributed by atoms with van der Waals surface area (Å²) in [5.41, 5.74) is 1.05. The highest BCUT2D eigenvalue weighted by molar-refractivity contribution is 6.02. The third kappa shape index (κ3) is 1.66. The first-order chi connectivity index (χ1) is 7.74. The molecule has 0 fully saturated rings. The predicted molar refractivity (Wildman–Crippen MR) is 62.3 cm³/mol. The van der Waals surface area contributed by atoms with E-state index in [1.165, 1.54) is 0 Å². The Hall–Kier alpha value is -2.21. The van der Waals surface area contributed by atoms with E-state index in [0.29, 0.717) is 12.1 Å². The minimum atomic E-state index is -0.907. The van der Waals surface area contributed by atoms with E-state index >= 15 is 0 Å². The van der Waals surface area contributed by atoms with Crippen molar-refractivity contribution >= 4 is 16.9 Å². The van der Waals surface area contributed by atoms with Gasteiger partial charge < -0.3 is 9.67 Å². The Kier molecular flexibility index (Phi) is 2.65. The van der Waals surface area contributed by atoms with Crippen LogP contribution in [0.3, 0.4) is 0 Å². The van der Waals surface area contributed by atoms with Gasteiger partial charge in [0.2, 0.25) is 0 Å². The number of aromatic nitrogens is 1. The molecule has 0 amide bonds. The van der Waals surface area contributed by atoms with Gasteiger partial charge in [-0.2, -0.15) is 0 Å². The predicted octanol–water partition coefficient (Wildman–Crippen LogP) is 2.36. The maximum atomic E-state index is 11.1. The number of carboxylic acid groups (broad SMARTS) is 1. The van der Waals surface area contributed by atoms with E-state index in [2.05, 4.69) is 11.8 Å². The average molecular weight is 213 g/mol. The van der Waals surface area contributed by atoms with Crippen molar-refractivity contribution < 1.29 is 9.90 Å². The van der Waals surface area contributed by atoms with Crippen LogP contribution in [-0.2, 0) is 6.54 Å². The van der Waals surface area contributed by atoms with Crippen molar-refractivity contribution in [2.75, 3.05) is 0 Å². The molecule has 0 aliphatic heterocycles. The lowest BCUT2D eigenvalue weighted by Gasteiger charge is -2.03. The van der Waals surface area contributed by atoms with Gasteiger partial charge in [-0.3, -0.25) is 0 Å². The molecule has 3 nitrogen and oxygen atoms in total. The molecule has 0 bridgehead atoms. The zero-order chi connectivity index (χ0) is 11.5. The minimum Gasteiger partial charge on any atom is -0.478 e. The quantitative estimate of drug-likeness (QED) is 0.778. The zero-order valence-electron chi connectivity index (χ0n) is 8.90. The molecule has 3 heteroatoms. The molecule has 0 unspecified atom stereocenters. The minimum absolute atomic E-state index is 0.320. The number of carboxylic acids is 1. The van der Waals surface area contributed by atoms with Crippen molar-refractivity contribution in [3.63, 3.8) is 0 Å². The Morgan fingerprint density at radius 3 is 2.94 bits per heavy atom. The molecule has 0 saturated carbocycles. The summed E-state index contributed by atoms with van der Waals surface area (Å²) in [6, 6.07) is 7.17. The van der Waals surface area contributed by atoms with Crippen LogP contribution in [0.2, 0.25) is 0 Å². The molecule has 16 heavy (non-hydrogen) atoms. The van der Waals surface area contributed by atoms with Gasteiger partial charge in [0.05, 0.1) is 17.6 Å². The van der Waals surface area contributed by atoms with Gasteiger partial charge in [-0.15, -0.1) is 5.92 Å². The van der Waals surface area contributed by atoms with Crippen LogP contribution >= 0.6 is 0 Å². The average Bonchev–Trinajstić information content (AvgIpc) is 2.69. The third-order valence-corrected chi connectivity index (χ3v) is 2.45. The number of hydrogen-bond acceptors (Lipinski definition) is 1. The van der Waals surface area contributed by atoms with E-state index in [1.807, 2.05) is 22.9 Å². The summed E-state index contributed by atoms with van der Waals surface area (Å²) in [6.45, 7) is 2.29. The van der Waals surface area contributed by atoms with E-state index in [-0.39, 0.29) is 0 Å². The van der Waals surface area contributed by atoms with Gasteiger partial charge in [0, 0.05) is 11.6 Å². The van der Waals surface area contributed by atoms with E-state index in [9.17, 15) is 4.79 Å². The highest BCUT2D eigenvalue weighted by Crippen LogP contribution is 2.20. The Morgan fingerprint density at radius 2 is 2.25 bits per heavy atom. The van der Waals surface area contributed by atoms with E-state index in [4.69, 9.17) is 5.11 Å². The van der Waals surface area contributed by atoms with Gasteiger partial charge >= 0.3 is 5.97 Å². The fourth-order valence-corrected chi connectivity index (χ4v) is 1.73. The van der Waals surface area contributed by atoms with Crippen LogP contribution in [0.5, 0.6) is 0 Å². The summed E-state index contributed by atoms with van der Waals surface area (Å²) in [4.78, 5) is 11.1. The molecule has 2 aromatic rings. The Balaban J connectivity index is 2.66. The number of carbonyl (C=O) groups is 1. The fraction of sp³-hybridized carbons (Fsp3) is 0.154. The second-order valence-corrected chi connectivity index (χ2v) is 3.42. The summed E-state index contributed by atoms with van der Waals surface area (Å²) in [5.74, 6) is 4.82. The van der Waals surface area contributed by atoms with Gasteiger partial charge in [-0.05, 0) is 19.1 Å². The monoisotopic (exact) mass is 213 g/mol. The maximum Gasteiger partial charge on any atom is 0.337 e. The Morgan fingerprint density at radius 1 is 1.44 bits per heavy atom. The van der Waals surface area contributed by atoms with Crippen LogP contribution in [0.25, 0.3) is 10.9 Å². The lowest BCUT2D eigenvalue weighted by atomic mass is 10.1. The van der Waals surface area contributed by atoms with Crippen molar-refractivity contribution in [3.8, 4) is 11.8 Å². The second-order valence-electron chi connectivity index (χ2n) is 3.42. The fourth-order valence-electron chi connectivity index (χ4n) is 1.73. The van der Waals surface area contributed by atoms with Crippen LogP contribution in [0, 0.1) is 11.8 Å². The molecule has 0 atom stereocenters. The molecule has 1 heterocycles. The molecule has 0 spiro atoms. The molecule has 0 radical (unpaired) electrons. The Bertz CT molecular complexity index is 599. The van der Waals surface area contributed by atoms with Gasteiger partial charge in [0.25, 0.3) is 0 Å². The first-order valence-electron chi connectivity index (χ1n) is 4.95. The van der Waals surface area contributed by atoms with Crippen LogP contribution in [0.4, 0.5) is 0 Å². The number of benzene rings is 1. The van der Waals surface area contributed by atoms with Crippen molar-refractivity contribution in [1.82, 2.24) is 4.57 Å². The summed E-state index contributed by atoms with van der Waals surface area (Å²) < 4.78 is 1.86. The van der Waals surface area contributed by atoms with Gasteiger partial charge in [-0.1, -0.05) is 18.1 Å². The van der Waals surface area contributed by atoms with E-state index < -0.39 is 5.97 Å². The molecule has 0 aliphatic carbocycles. The molecule has 1 aromatic heterocycles. The van der Waals surface area contributed by atoms with Gasteiger partial charge in [-0.25, -0.2) is 4.79 Å². The van der Waals surface area contributed by atoms with E-state index in [1.54, 1.807) is 19.1 Å². The van der Waals surface area contributed by atoms with Crippen molar-refractivity contribution in [2.45, 2.75) is 13.5 Å². The normalized spacial score (nSPS) is 9.81. The lowest BCUT2D eigenvalue weighted by Crippen LogP contribution is -2.02. The maximum absolute atomic E-state index is 11.1. The molecule has 1 N–H and O–H groups in total. The third-order valence-electron chi connectivity index (χ3n) is 2.45. The first kappa shape index (κ1) is 10.3. The lowest BCUT2D eigenvalue weighted by molar-refractivity contribution is 0.0698. The highest BCUT2D eigenvalue weighted by Gasteiger charge is 2.11. The molecular weight excluding hydrogens is 202 g/mol. The van der Waals surface area contributed by atoms with Crippen LogP contribution < -0.4 is 0 Å². The van der Waals surface area contributed by atoms with Crippen LogP contribution in [0.15, 0.2) is 30.5 Å². The summed E-state index contributed by atoms with van der Waals surface area (Å²) in [5, 5.41) is 10.0. The van der Waals surface area contributed by atoms with Crippen molar-refractivity contribution in [2.24, 2.45) is 0 Å². The summed E-state index contributed by atoms with van der Waals surface area (Å²) in [7, 11) is 0. The number of fused-ring (bicyclic) bond motifs is 1. The summed E-state index contributed by atoms with van der Waals surface area (Å²) in [6.07, 6.45) is 1.86.